The van der Waals surface area contributed by atoms with Crippen LogP contribution in [0.2, 0.25) is 0 Å². The second-order valence-electron chi connectivity index (χ2n) is 7.05. The average molecular weight is 390 g/mol. The number of benzene rings is 2. The summed E-state index contributed by atoms with van der Waals surface area (Å²) >= 11 is 0. The molecule has 0 radical (unpaired) electrons. The summed E-state index contributed by atoms with van der Waals surface area (Å²) in [7, 11) is 0. The first-order valence-electron chi connectivity index (χ1n) is 9.76. The summed E-state index contributed by atoms with van der Waals surface area (Å²) in [6.45, 7) is 3.82. The maximum Gasteiger partial charge on any atom is 0.254 e. The van der Waals surface area contributed by atoms with E-state index >= 15 is 0 Å². The number of rotatable bonds is 8. The molecular formula is C24H26N2O3. The third kappa shape index (κ3) is 5.82. The molecular weight excluding hydrogens is 364 g/mol. The van der Waals surface area contributed by atoms with Crippen molar-refractivity contribution < 1.29 is 14.0 Å². The summed E-state index contributed by atoms with van der Waals surface area (Å²) in [6, 6.07) is 21.6. The van der Waals surface area contributed by atoms with Crippen LogP contribution >= 0.6 is 0 Å². The van der Waals surface area contributed by atoms with Crippen LogP contribution in [0.1, 0.15) is 45.5 Å². The number of carbonyl (C=O) groups is 2. The van der Waals surface area contributed by atoms with Crippen LogP contribution < -0.4 is 10.6 Å². The van der Waals surface area contributed by atoms with Gasteiger partial charge in [0.2, 0.25) is 5.91 Å². The van der Waals surface area contributed by atoms with Gasteiger partial charge in [-0.25, -0.2) is 0 Å². The summed E-state index contributed by atoms with van der Waals surface area (Å²) in [5.74, 6) is 0.944. The molecule has 5 heteroatoms. The Morgan fingerprint density at radius 3 is 2.24 bits per heavy atom. The SMILES string of the molecule is Cc1cc(C(=O)NCCC(=O)NC(Cc2ccccc2)c2ccccc2)c(C)o1. The largest absolute Gasteiger partial charge is 0.466 e. The summed E-state index contributed by atoms with van der Waals surface area (Å²) in [6.07, 6.45) is 0.913. The first-order valence-corrected chi connectivity index (χ1v) is 9.76. The van der Waals surface area contributed by atoms with Gasteiger partial charge in [-0.3, -0.25) is 9.59 Å². The lowest BCUT2D eigenvalue weighted by Gasteiger charge is -2.19. The Hall–Kier alpha value is -3.34. The van der Waals surface area contributed by atoms with Crippen LogP contribution in [-0.4, -0.2) is 18.4 Å². The molecule has 1 aromatic heterocycles. The van der Waals surface area contributed by atoms with Crippen molar-refractivity contribution in [1.29, 1.82) is 0 Å². The zero-order chi connectivity index (χ0) is 20.6. The molecule has 1 heterocycles. The molecule has 1 unspecified atom stereocenters. The molecule has 2 aromatic carbocycles. The van der Waals surface area contributed by atoms with Crippen LogP contribution in [0.3, 0.4) is 0 Å². The Bertz CT molecular complexity index is 949. The molecule has 1 atom stereocenters. The normalized spacial score (nSPS) is 11.7. The molecule has 3 rings (SSSR count). The molecule has 0 aliphatic rings. The topological polar surface area (TPSA) is 71.3 Å². The molecule has 0 aliphatic carbocycles. The van der Waals surface area contributed by atoms with Gasteiger partial charge in [-0.05, 0) is 37.5 Å². The quantitative estimate of drug-likeness (QED) is 0.608. The number of amides is 2. The molecule has 2 N–H and O–H groups in total. The van der Waals surface area contributed by atoms with E-state index in [0.29, 0.717) is 23.5 Å². The molecule has 150 valence electrons. The van der Waals surface area contributed by atoms with E-state index in [0.717, 1.165) is 11.1 Å². The molecule has 29 heavy (non-hydrogen) atoms. The minimum atomic E-state index is -0.226. The van der Waals surface area contributed by atoms with E-state index < -0.39 is 0 Å². The van der Waals surface area contributed by atoms with Gasteiger partial charge in [-0.15, -0.1) is 0 Å². The Balaban J connectivity index is 1.57. The fourth-order valence-corrected chi connectivity index (χ4v) is 3.29. The lowest BCUT2D eigenvalue weighted by Crippen LogP contribution is -2.33. The van der Waals surface area contributed by atoms with Crippen LogP contribution in [0.5, 0.6) is 0 Å². The van der Waals surface area contributed by atoms with E-state index in [-0.39, 0.29) is 30.8 Å². The molecule has 0 bridgehead atoms. The van der Waals surface area contributed by atoms with Crippen molar-refractivity contribution >= 4 is 11.8 Å². The van der Waals surface area contributed by atoms with E-state index in [4.69, 9.17) is 4.42 Å². The maximum atomic E-state index is 12.5. The molecule has 0 spiro atoms. The van der Waals surface area contributed by atoms with Crippen LogP contribution in [0.25, 0.3) is 0 Å². The minimum absolute atomic E-state index is 0.102. The van der Waals surface area contributed by atoms with Gasteiger partial charge in [-0.2, -0.15) is 0 Å². The smallest absolute Gasteiger partial charge is 0.254 e. The van der Waals surface area contributed by atoms with Crippen LogP contribution in [-0.2, 0) is 11.2 Å². The summed E-state index contributed by atoms with van der Waals surface area (Å²) in [5.41, 5.74) is 2.72. The third-order valence-corrected chi connectivity index (χ3v) is 4.74. The van der Waals surface area contributed by atoms with Gasteiger partial charge in [0.25, 0.3) is 5.91 Å². The van der Waals surface area contributed by atoms with Crippen molar-refractivity contribution in [3.8, 4) is 0 Å². The number of aryl methyl sites for hydroxylation is 2. The van der Waals surface area contributed by atoms with Gasteiger partial charge >= 0.3 is 0 Å². The number of hydrogen-bond donors (Lipinski definition) is 2. The van der Waals surface area contributed by atoms with Crippen molar-refractivity contribution in [2.75, 3.05) is 6.54 Å². The summed E-state index contributed by atoms with van der Waals surface area (Å²) < 4.78 is 5.38. The Morgan fingerprint density at radius 1 is 0.966 bits per heavy atom. The lowest BCUT2D eigenvalue weighted by molar-refractivity contribution is -0.121. The molecule has 3 aromatic rings. The van der Waals surface area contributed by atoms with Crippen molar-refractivity contribution in [2.24, 2.45) is 0 Å². The molecule has 0 saturated carbocycles. The van der Waals surface area contributed by atoms with Gasteiger partial charge in [0.15, 0.2) is 0 Å². The second-order valence-corrected chi connectivity index (χ2v) is 7.05. The van der Waals surface area contributed by atoms with Crippen LogP contribution in [0, 0.1) is 13.8 Å². The number of carbonyl (C=O) groups excluding carboxylic acids is 2. The number of hydrogen-bond acceptors (Lipinski definition) is 3. The number of furan rings is 1. The van der Waals surface area contributed by atoms with Gasteiger partial charge in [0, 0.05) is 13.0 Å². The molecule has 0 saturated heterocycles. The fraction of sp³-hybridized carbons (Fsp3) is 0.250. The van der Waals surface area contributed by atoms with E-state index in [9.17, 15) is 9.59 Å². The van der Waals surface area contributed by atoms with Gasteiger partial charge in [0.05, 0.1) is 11.6 Å². The monoisotopic (exact) mass is 390 g/mol. The highest BCUT2D eigenvalue weighted by Gasteiger charge is 2.16. The summed E-state index contributed by atoms with van der Waals surface area (Å²) in [4.78, 5) is 24.8. The van der Waals surface area contributed by atoms with Crippen molar-refractivity contribution in [3.63, 3.8) is 0 Å². The number of nitrogens with one attached hydrogen (secondary N) is 2. The minimum Gasteiger partial charge on any atom is -0.466 e. The zero-order valence-corrected chi connectivity index (χ0v) is 16.8. The highest BCUT2D eigenvalue weighted by Crippen LogP contribution is 2.18. The second kappa shape index (κ2) is 9.73. The van der Waals surface area contributed by atoms with Gasteiger partial charge in [0.1, 0.15) is 11.5 Å². The molecule has 5 nitrogen and oxygen atoms in total. The van der Waals surface area contributed by atoms with Crippen molar-refractivity contribution in [3.05, 3.63) is 94.9 Å². The van der Waals surface area contributed by atoms with Crippen molar-refractivity contribution in [1.82, 2.24) is 10.6 Å². The maximum absolute atomic E-state index is 12.5. The molecule has 0 aliphatic heterocycles. The highest BCUT2D eigenvalue weighted by molar-refractivity contribution is 5.95. The van der Waals surface area contributed by atoms with Gasteiger partial charge in [-0.1, -0.05) is 60.7 Å². The van der Waals surface area contributed by atoms with Crippen LogP contribution in [0.4, 0.5) is 0 Å². The van der Waals surface area contributed by atoms with E-state index in [1.807, 2.05) is 48.5 Å². The predicted octanol–water partition coefficient (Wildman–Crippen LogP) is 4.12. The van der Waals surface area contributed by atoms with Gasteiger partial charge < -0.3 is 15.1 Å². The standard InChI is InChI=1S/C24H26N2O3/c1-17-15-21(18(2)29-17)24(28)25-14-13-23(27)26-22(20-11-7-4-8-12-20)16-19-9-5-3-6-10-19/h3-12,15,22H,13-14,16H2,1-2H3,(H,25,28)(H,26,27). The highest BCUT2D eigenvalue weighted by atomic mass is 16.3. The average Bonchev–Trinajstić information content (AvgIpc) is 3.07. The fourth-order valence-electron chi connectivity index (χ4n) is 3.29. The van der Waals surface area contributed by atoms with E-state index in [1.54, 1.807) is 19.9 Å². The van der Waals surface area contributed by atoms with Crippen molar-refractivity contribution in [2.45, 2.75) is 32.7 Å². The predicted molar refractivity (Wildman–Crippen MR) is 113 cm³/mol. The van der Waals surface area contributed by atoms with E-state index in [2.05, 4.69) is 22.8 Å². The van der Waals surface area contributed by atoms with Crippen LogP contribution in [0.15, 0.2) is 71.1 Å². The summed E-state index contributed by atoms with van der Waals surface area (Å²) in [5, 5.41) is 5.89. The zero-order valence-electron chi connectivity index (χ0n) is 16.8. The lowest BCUT2D eigenvalue weighted by atomic mass is 9.98. The Morgan fingerprint density at radius 2 is 1.62 bits per heavy atom. The van der Waals surface area contributed by atoms with E-state index in [1.165, 1.54) is 0 Å². The Kier molecular flexibility index (Phi) is 6.85. The molecule has 2 amide bonds. The first-order chi connectivity index (χ1) is 14.0. The third-order valence-electron chi connectivity index (χ3n) is 4.74. The molecule has 0 fully saturated rings. The first kappa shape index (κ1) is 20.4. The Labute approximate surface area is 171 Å².